The number of hydrogen-bond acceptors (Lipinski definition) is 3. The highest BCUT2D eigenvalue weighted by Crippen LogP contribution is 2.14. The Morgan fingerprint density at radius 3 is 2.69 bits per heavy atom. The first-order chi connectivity index (χ1) is 7.44. The number of alkyl halides is 1. The van der Waals surface area contributed by atoms with E-state index in [0.29, 0.717) is 11.6 Å². The summed E-state index contributed by atoms with van der Waals surface area (Å²) in [7, 11) is -3.31. The van der Waals surface area contributed by atoms with Gasteiger partial charge in [-0.1, -0.05) is 6.92 Å². The summed E-state index contributed by atoms with van der Waals surface area (Å²) in [6.07, 6.45) is 1.52. The van der Waals surface area contributed by atoms with Crippen LogP contribution < -0.4 is 4.72 Å². The molecule has 0 saturated carbocycles. The molecule has 0 fully saturated rings. The van der Waals surface area contributed by atoms with Crippen LogP contribution in [0.5, 0.6) is 0 Å². The molecule has 92 valence electrons. The Hall–Kier alpha value is -0.520. The Balaban J connectivity index is 2.59. The summed E-state index contributed by atoms with van der Waals surface area (Å²) < 4.78 is 31.1. The van der Waals surface area contributed by atoms with Gasteiger partial charge in [0.2, 0.25) is 10.0 Å². The van der Waals surface area contributed by atoms with Gasteiger partial charge in [0.05, 0.1) is 18.1 Å². The minimum Gasteiger partial charge on any atom is -0.468 e. The first-order valence-electron chi connectivity index (χ1n) is 5.04. The average molecular weight is 266 g/mol. The molecule has 1 rings (SSSR count). The fourth-order valence-electron chi connectivity index (χ4n) is 1.33. The van der Waals surface area contributed by atoms with E-state index in [1.165, 1.54) is 6.26 Å². The SMILES string of the molecule is CC(CCl)CS(=O)(=O)NC(C)c1ccco1. The molecule has 1 N–H and O–H groups in total. The molecule has 0 saturated heterocycles. The fraction of sp³-hybridized carbons (Fsp3) is 0.600. The first kappa shape index (κ1) is 13.5. The maximum Gasteiger partial charge on any atom is 0.212 e. The number of rotatable bonds is 6. The predicted molar refractivity (Wildman–Crippen MR) is 63.9 cm³/mol. The van der Waals surface area contributed by atoms with Crippen molar-refractivity contribution in [2.24, 2.45) is 5.92 Å². The summed E-state index contributed by atoms with van der Waals surface area (Å²) in [6.45, 7) is 3.53. The lowest BCUT2D eigenvalue weighted by Crippen LogP contribution is -2.31. The topological polar surface area (TPSA) is 59.3 Å². The fourth-order valence-corrected chi connectivity index (χ4v) is 3.19. The zero-order valence-corrected chi connectivity index (χ0v) is 10.9. The molecule has 0 aliphatic carbocycles. The van der Waals surface area contributed by atoms with Crippen LogP contribution in [0.1, 0.15) is 25.6 Å². The Morgan fingerprint density at radius 1 is 1.50 bits per heavy atom. The lowest BCUT2D eigenvalue weighted by atomic mass is 10.3. The maximum absolute atomic E-state index is 11.7. The molecule has 0 bridgehead atoms. The van der Waals surface area contributed by atoms with Gasteiger partial charge in [0.15, 0.2) is 0 Å². The van der Waals surface area contributed by atoms with E-state index in [9.17, 15) is 8.42 Å². The molecule has 0 amide bonds. The quantitative estimate of drug-likeness (QED) is 0.802. The van der Waals surface area contributed by atoms with Gasteiger partial charge in [-0.05, 0) is 25.0 Å². The molecule has 1 heterocycles. The number of halogens is 1. The lowest BCUT2D eigenvalue weighted by molar-refractivity contribution is 0.458. The molecule has 16 heavy (non-hydrogen) atoms. The molecule has 1 aromatic heterocycles. The second-order valence-corrected chi connectivity index (χ2v) is 6.00. The van der Waals surface area contributed by atoms with Crippen molar-refractivity contribution in [2.45, 2.75) is 19.9 Å². The van der Waals surface area contributed by atoms with E-state index in [4.69, 9.17) is 16.0 Å². The maximum atomic E-state index is 11.7. The van der Waals surface area contributed by atoms with E-state index >= 15 is 0 Å². The Bertz CT molecular complexity index is 402. The van der Waals surface area contributed by atoms with Gasteiger partial charge in [0, 0.05) is 5.88 Å². The van der Waals surface area contributed by atoms with Crippen LogP contribution in [0.2, 0.25) is 0 Å². The van der Waals surface area contributed by atoms with E-state index in [2.05, 4.69) is 4.72 Å². The standard InChI is InChI=1S/C10H16ClNO3S/c1-8(6-11)7-16(13,14)12-9(2)10-4-3-5-15-10/h3-5,8-9,12H,6-7H2,1-2H3. The van der Waals surface area contributed by atoms with Gasteiger partial charge in [0.1, 0.15) is 5.76 Å². The highest BCUT2D eigenvalue weighted by molar-refractivity contribution is 7.89. The van der Waals surface area contributed by atoms with Crippen LogP contribution in [-0.2, 0) is 10.0 Å². The Morgan fingerprint density at radius 2 is 2.19 bits per heavy atom. The van der Waals surface area contributed by atoms with Crippen molar-refractivity contribution in [3.05, 3.63) is 24.2 Å². The zero-order chi connectivity index (χ0) is 12.2. The summed E-state index contributed by atoms with van der Waals surface area (Å²) >= 11 is 5.58. The molecule has 6 heteroatoms. The van der Waals surface area contributed by atoms with Crippen LogP contribution in [0.3, 0.4) is 0 Å². The highest BCUT2D eigenvalue weighted by atomic mass is 35.5. The van der Waals surface area contributed by atoms with Gasteiger partial charge in [-0.15, -0.1) is 11.6 Å². The highest BCUT2D eigenvalue weighted by Gasteiger charge is 2.19. The summed E-state index contributed by atoms with van der Waals surface area (Å²) in [5.41, 5.74) is 0. The van der Waals surface area contributed by atoms with Crippen LogP contribution in [0.4, 0.5) is 0 Å². The smallest absolute Gasteiger partial charge is 0.212 e. The van der Waals surface area contributed by atoms with Crippen LogP contribution in [0.15, 0.2) is 22.8 Å². The van der Waals surface area contributed by atoms with E-state index in [1.54, 1.807) is 26.0 Å². The van der Waals surface area contributed by atoms with Gasteiger partial charge < -0.3 is 4.42 Å². The van der Waals surface area contributed by atoms with Crippen molar-refractivity contribution in [1.29, 1.82) is 0 Å². The largest absolute Gasteiger partial charge is 0.468 e. The van der Waals surface area contributed by atoms with Crippen LogP contribution >= 0.6 is 11.6 Å². The van der Waals surface area contributed by atoms with Gasteiger partial charge in [-0.25, -0.2) is 13.1 Å². The third kappa shape index (κ3) is 4.15. The first-order valence-corrected chi connectivity index (χ1v) is 7.22. The minimum atomic E-state index is -3.31. The minimum absolute atomic E-state index is 0.0293. The van der Waals surface area contributed by atoms with Crippen molar-refractivity contribution in [1.82, 2.24) is 4.72 Å². The van der Waals surface area contributed by atoms with Crippen molar-refractivity contribution in [3.8, 4) is 0 Å². The lowest BCUT2D eigenvalue weighted by Gasteiger charge is -2.14. The normalized spacial score (nSPS) is 15.9. The van der Waals surface area contributed by atoms with Gasteiger partial charge >= 0.3 is 0 Å². The molecule has 2 atom stereocenters. The number of hydrogen-bond donors (Lipinski definition) is 1. The number of furan rings is 1. The van der Waals surface area contributed by atoms with Gasteiger partial charge in [-0.3, -0.25) is 0 Å². The molecule has 1 aromatic rings. The van der Waals surface area contributed by atoms with Crippen molar-refractivity contribution in [3.63, 3.8) is 0 Å². The molecule has 0 aromatic carbocycles. The summed E-state index contributed by atoms with van der Waals surface area (Å²) in [6, 6.07) is 3.10. The second kappa shape index (κ2) is 5.70. The number of sulfonamides is 1. The molecule has 0 aliphatic heterocycles. The molecule has 0 aliphatic rings. The molecule has 0 spiro atoms. The Kier molecular flexibility index (Phi) is 4.83. The monoisotopic (exact) mass is 265 g/mol. The number of nitrogens with one attached hydrogen (secondary N) is 1. The summed E-state index contributed by atoms with van der Waals surface area (Å²) in [5.74, 6) is 0.891. The molecule has 4 nitrogen and oxygen atoms in total. The van der Waals surface area contributed by atoms with Gasteiger partial charge in [0.25, 0.3) is 0 Å². The third-order valence-electron chi connectivity index (χ3n) is 2.09. The van der Waals surface area contributed by atoms with E-state index in [-0.39, 0.29) is 17.7 Å². The zero-order valence-electron chi connectivity index (χ0n) is 9.31. The predicted octanol–water partition coefficient (Wildman–Crippen LogP) is 2.13. The molecule has 0 radical (unpaired) electrons. The second-order valence-electron chi connectivity index (χ2n) is 3.90. The average Bonchev–Trinajstić information content (AvgIpc) is 2.68. The summed E-state index contributed by atoms with van der Waals surface area (Å²) in [4.78, 5) is 0. The molecular weight excluding hydrogens is 250 g/mol. The van der Waals surface area contributed by atoms with E-state index in [1.807, 2.05) is 0 Å². The van der Waals surface area contributed by atoms with Crippen molar-refractivity contribution >= 4 is 21.6 Å². The molecule has 2 unspecified atom stereocenters. The van der Waals surface area contributed by atoms with Gasteiger partial charge in [-0.2, -0.15) is 0 Å². The van der Waals surface area contributed by atoms with Crippen molar-refractivity contribution in [2.75, 3.05) is 11.6 Å². The summed E-state index contributed by atoms with van der Waals surface area (Å²) in [5, 5.41) is 0. The van der Waals surface area contributed by atoms with Crippen LogP contribution in [0, 0.1) is 5.92 Å². The van der Waals surface area contributed by atoms with E-state index < -0.39 is 10.0 Å². The van der Waals surface area contributed by atoms with Crippen LogP contribution in [-0.4, -0.2) is 20.1 Å². The van der Waals surface area contributed by atoms with Crippen molar-refractivity contribution < 1.29 is 12.8 Å². The molecular formula is C10H16ClNO3S. The third-order valence-corrected chi connectivity index (χ3v) is 4.34. The van der Waals surface area contributed by atoms with E-state index in [0.717, 1.165) is 0 Å². The van der Waals surface area contributed by atoms with Crippen LogP contribution in [0.25, 0.3) is 0 Å². The Labute approximate surface area is 101 Å².